The number of anilines is 1. The molecule has 3 N–H and O–H groups in total. The Labute approximate surface area is 205 Å². The van der Waals surface area contributed by atoms with Crippen molar-refractivity contribution in [3.8, 4) is 6.07 Å². The molecular formula is C25H24F2N6O3. The maximum absolute atomic E-state index is 14.4. The Balaban J connectivity index is 1.40. The van der Waals surface area contributed by atoms with Crippen LogP contribution in [0.3, 0.4) is 0 Å². The maximum atomic E-state index is 14.4. The van der Waals surface area contributed by atoms with Crippen LogP contribution in [0.4, 0.5) is 14.6 Å². The lowest BCUT2D eigenvalue weighted by Gasteiger charge is -2.37. The highest BCUT2D eigenvalue weighted by Crippen LogP contribution is 2.36. The van der Waals surface area contributed by atoms with Crippen molar-refractivity contribution in [3.05, 3.63) is 77.5 Å². The number of carboxylic acid groups (broad SMARTS) is 1. The number of aliphatic carboxylic acids is 1. The van der Waals surface area contributed by atoms with Gasteiger partial charge in [-0.05, 0) is 37.0 Å². The first-order chi connectivity index (χ1) is 17.2. The zero-order chi connectivity index (χ0) is 25.9. The van der Waals surface area contributed by atoms with Crippen molar-refractivity contribution in [2.45, 2.75) is 37.1 Å². The van der Waals surface area contributed by atoms with Gasteiger partial charge >= 0.3 is 5.97 Å². The standard InChI is InChI=1S/C25H24F2N6O3/c26-17-2-3-19(20(27)10-17)25(14-28)5-7-33(8-6-25)23(34)13-32-12-21(31-15-32)18(24(35)36)9-16-1-4-22(29)30-11-16/h1-4,10-12,15,18H,5-9,13H2,(H2,29,30)(H,35,36)/t18-/m1/s1. The molecule has 3 heterocycles. The molecule has 9 nitrogen and oxygen atoms in total. The summed E-state index contributed by atoms with van der Waals surface area (Å²) in [5.74, 6) is -3.37. The molecule has 1 atom stereocenters. The van der Waals surface area contributed by atoms with E-state index in [2.05, 4.69) is 16.0 Å². The van der Waals surface area contributed by atoms with E-state index in [4.69, 9.17) is 5.73 Å². The highest BCUT2D eigenvalue weighted by atomic mass is 19.1. The molecule has 0 bridgehead atoms. The molecule has 1 aliphatic rings. The quantitative estimate of drug-likeness (QED) is 0.515. The number of hydrogen-bond acceptors (Lipinski definition) is 6. The number of nitrogens with zero attached hydrogens (tertiary/aromatic N) is 5. The zero-order valence-electron chi connectivity index (χ0n) is 19.3. The van der Waals surface area contributed by atoms with Crippen LogP contribution in [0.1, 0.15) is 35.6 Å². The molecule has 3 aromatic rings. The molecule has 1 fully saturated rings. The second-order valence-electron chi connectivity index (χ2n) is 8.86. The number of nitrogens with two attached hydrogens (primary N) is 1. The molecular weight excluding hydrogens is 470 g/mol. The molecule has 0 saturated carbocycles. The van der Waals surface area contributed by atoms with Gasteiger partial charge in [-0.2, -0.15) is 5.26 Å². The van der Waals surface area contributed by atoms with E-state index >= 15 is 0 Å². The molecule has 0 spiro atoms. The van der Waals surface area contributed by atoms with Crippen molar-refractivity contribution >= 4 is 17.7 Å². The number of amides is 1. The Morgan fingerprint density at radius 3 is 2.56 bits per heavy atom. The number of hydrogen-bond donors (Lipinski definition) is 2. The lowest BCUT2D eigenvalue weighted by atomic mass is 9.73. The van der Waals surface area contributed by atoms with Crippen molar-refractivity contribution in [1.29, 1.82) is 5.26 Å². The summed E-state index contributed by atoms with van der Waals surface area (Å²) in [7, 11) is 0. The van der Waals surface area contributed by atoms with Crippen LogP contribution >= 0.6 is 0 Å². The number of carboxylic acids is 1. The summed E-state index contributed by atoms with van der Waals surface area (Å²) in [5, 5.41) is 19.5. The Bertz CT molecular complexity index is 1310. The van der Waals surface area contributed by atoms with Gasteiger partial charge in [-0.1, -0.05) is 12.1 Å². The molecule has 2 aromatic heterocycles. The van der Waals surface area contributed by atoms with Crippen LogP contribution in [0.2, 0.25) is 0 Å². The summed E-state index contributed by atoms with van der Waals surface area (Å²) >= 11 is 0. The Kier molecular flexibility index (Phi) is 6.96. The fourth-order valence-electron chi connectivity index (χ4n) is 4.47. The SMILES string of the molecule is N#CC1(c2ccc(F)cc2F)CCN(C(=O)Cn2cnc([C@@H](Cc3ccc(N)nc3)C(=O)O)c2)CC1. The number of likely N-dealkylation sites (tertiary alicyclic amines) is 1. The van der Waals surface area contributed by atoms with E-state index in [1.165, 1.54) is 29.4 Å². The first-order valence-electron chi connectivity index (χ1n) is 11.3. The summed E-state index contributed by atoms with van der Waals surface area (Å²) < 4.78 is 29.2. The summed E-state index contributed by atoms with van der Waals surface area (Å²) in [6.45, 7) is 0.395. The van der Waals surface area contributed by atoms with Crippen LogP contribution in [0.5, 0.6) is 0 Å². The molecule has 1 aromatic carbocycles. The molecule has 1 aliphatic heterocycles. The van der Waals surface area contributed by atoms with E-state index < -0.39 is 28.9 Å². The number of carbonyl (C=O) groups is 2. The van der Waals surface area contributed by atoms with Crippen LogP contribution < -0.4 is 5.73 Å². The second kappa shape index (κ2) is 10.1. The summed E-state index contributed by atoms with van der Waals surface area (Å²) in [4.78, 5) is 34.5. The van der Waals surface area contributed by atoms with E-state index in [1.807, 2.05) is 0 Å². The molecule has 0 radical (unpaired) electrons. The topological polar surface area (TPSA) is 138 Å². The van der Waals surface area contributed by atoms with Crippen molar-refractivity contribution in [3.63, 3.8) is 0 Å². The Morgan fingerprint density at radius 2 is 1.94 bits per heavy atom. The Hall–Kier alpha value is -4.33. The number of aromatic nitrogens is 3. The number of halogens is 2. The second-order valence-corrected chi connectivity index (χ2v) is 8.86. The van der Waals surface area contributed by atoms with Crippen LogP contribution in [0.15, 0.2) is 49.1 Å². The first kappa shape index (κ1) is 24.8. The molecule has 1 saturated heterocycles. The fraction of sp³-hybridized carbons (Fsp3) is 0.320. The van der Waals surface area contributed by atoms with Crippen molar-refractivity contribution in [2.75, 3.05) is 18.8 Å². The number of nitriles is 1. The average Bonchev–Trinajstić information content (AvgIpc) is 3.31. The van der Waals surface area contributed by atoms with E-state index in [0.717, 1.165) is 12.1 Å². The number of piperidine rings is 1. The van der Waals surface area contributed by atoms with E-state index in [0.29, 0.717) is 17.1 Å². The number of benzene rings is 1. The van der Waals surface area contributed by atoms with Crippen LogP contribution in [0.25, 0.3) is 0 Å². The normalized spacial score (nSPS) is 15.8. The summed E-state index contributed by atoms with van der Waals surface area (Å²) in [6, 6.07) is 8.64. The predicted octanol–water partition coefficient (Wildman–Crippen LogP) is 2.63. The van der Waals surface area contributed by atoms with E-state index in [9.17, 15) is 28.7 Å². The third-order valence-electron chi connectivity index (χ3n) is 6.54. The minimum Gasteiger partial charge on any atom is -0.481 e. The number of rotatable bonds is 7. The van der Waals surface area contributed by atoms with Gasteiger partial charge < -0.3 is 20.3 Å². The van der Waals surface area contributed by atoms with Gasteiger partial charge in [-0.3, -0.25) is 9.59 Å². The smallest absolute Gasteiger partial charge is 0.312 e. The summed E-state index contributed by atoms with van der Waals surface area (Å²) in [6.07, 6.45) is 5.03. The maximum Gasteiger partial charge on any atom is 0.312 e. The fourth-order valence-corrected chi connectivity index (χ4v) is 4.47. The van der Waals surface area contributed by atoms with Crippen LogP contribution in [-0.2, 0) is 28.0 Å². The average molecular weight is 495 g/mol. The minimum absolute atomic E-state index is 0.0623. The molecule has 0 aliphatic carbocycles. The Morgan fingerprint density at radius 1 is 1.19 bits per heavy atom. The van der Waals surface area contributed by atoms with Gasteiger partial charge in [0.2, 0.25) is 5.91 Å². The van der Waals surface area contributed by atoms with Crippen molar-refractivity contribution in [1.82, 2.24) is 19.4 Å². The van der Waals surface area contributed by atoms with Crippen molar-refractivity contribution < 1.29 is 23.5 Å². The molecule has 4 rings (SSSR count). The van der Waals surface area contributed by atoms with E-state index in [1.54, 1.807) is 17.0 Å². The monoisotopic (exact) mass is 494 g/mol. The number of pyridine rings is 1. The minimum atomic E-state index is -1.14. The summed E-state index contributed by atoms with van der Waals surface area (Å²) in [5.41, 5.74) is 5.57. The van der Waals surface area contributed by atoms with Gasteiger partial charge in [0.05, 0.1) is 23.5 Å². The number of carbonyl (C=O) groups excluding carboxylic acids is 1. The van der Waals surface area contributed by atoms with E-state index in [-0.39, 0.29) is 50.4 Å². The van der Waals surface area contributed by atoms with Gasteiger partial charge in [0, 0.05) is 37.1 Å². The lowest BCUT2D eigenvalue weighted by molar-refractivity contribution is -0.139. The van der Waals surface area contributed by atoms with Crippen molar-refractivity contribution in [2.24, 2.45) is 0 Å². The van der Waals surface area contributed by atoms with Crippen LogP contribution in [-0.4, -0.2) is 49.5 Å². The van der Waals surface area contributed by atoms with Crippen LogP contribution in [0, 0.1) is 23.0 Å². The number of nitrogen functional groups attached to an aromatic ring is 1. The zero-order valence-corrected chi connectivity index (χ0v) is 19.3. The predicted molar refractivity (Wildman–Crippen MR) is 124 cm³/mol. The number of imidazole rings is 1. The molecule has 1 amide bonds. The van der Waals surface area contributed by atoms with Gasteiger partial charge in [-0.15, -0.1) is 0 Å². The lowest BCUT2D eigenvalue weighted by Crippen LogP contribution is -2.46. The van der Waals surface area contributed by atoms with Gasteiger partial charge in [0.1, 0.15) is 29.9 Å². The third kappa shape index (κ3) is 5.17. The highest BCUT2D eigenvalue weighted by molar-refractivity contribution is 5.77. The van der Waals surface area contributed by atoms with Gasteiger partial charge in [0.25, 0.3) is 0 Å². The highest BCUT2D eigenvalue weighted by Gasteiger charge is 2.39. The van der Waals surface area contributed by atoms with Gasteiger partial charge in [-0.25, -0.2) is 18.7 Å². The molecule has 36 heavy (non-hydrogen) atoms. The molecule has 186 valence electrons. The largest absolute Gasteiger partial charge is 0.481 e. The molecule has 11 heteroatoms. The molecule has 0 unspecified atom stereocenters. The first-order valence-corrected chi connectivity index (χ1v) is 11.3. The van der Waals surface area contributed by atoms with Gasteiger partial charge in [0.15, 0.2) is 0 Å². The third-order valence-corrected chi connectivity index (χ3v) is 6.54.